The molecule has 1 aliphatic rings. The Morgan fingerprint density at radius 2 is 2.00 bits per heavy atom. The zero-order valence-corrected chi connectivity index (χ0v) is 11.7. The maximum atomic E-state index is 12.1. The van der Waals surface area contributed by atoms with Gasteiger partial charge in [0.25, 0.3) is 0 Å². The summed E-state index contributed by atoms with van der Waals surface area (Å²) in [7, 11) is -2.21. The van der Waals surface area contributed by atoms with Crippen molar-refractivity contribution in [2.45, 2.75) is 17.4 Å². The Bertz CT molecular complexity index is 625. The summed E-state index contributed by atoms with van der Waals surface area (Å²) in [6.07, 6.45) is 0.165. The number of hydrogen-bond acceptors (Lipinski definition) is 5. The quantitative estimate of drug-likeness (QED) is 0.636. The van der Waals surface area contributed by atoms with E-state index in [-0.39, 0.29) is 17.2 Å². The highest BCUT2D eigenvalue weighted by Gasteiger charge is 2.27. The molecule has 1 aromatic carbocycles. The van der Waals surface area contributed by atoms with Crippen LogP contribution in [-0.2, 0) is 21.2 Å². The fourth-order valence-electron chi connectivity index (χ4n) is 2.03. The van der Waals surface area contributed by atoms with Gasteiger partial charge in [0.05, 0.1) is 30.6 Å². The molecule has 3 N–H and O–H groups in total. The molecule has 20 heavy (non-hydrogen) atoms. The molecule has 1 aromatic rings. The summed E-state index contributed by atoms with van der Waals surface area (Å²) in [6.45, 7) is -0.996. The topological polar surface area (TPSA) is 107 Å². The maximum absolute atomic E-state index is 12.1. The Morgan fingerprint density at radius 3 is 2.60 bits per heavy atom. The van der Waals surface area contributed by atoms with Gasteiger partial charge in [0.1, 0.15) is 0 Å². The van der Waals surface area contributed by atoms with Crippen LogP contribution in [-0.4, -0.2) is 50.8 Å². The van der Waals surface area contributed by atoms with Crippen LogP contribution in [0.4, 0.5) is 5.69 Å². The van der Waals surface area contributed by atoms with E-state index in [1.54, 1.807) is 13.1 Å². The molecule has 0 aliphatic carbocycles. The van der Waals surface area contributed by atoms with Gasteiger partial charge < -0.3 is 15.1 Å². The molecule has 1 amide bonds. The van der Waals surface area contributed by atoms with Crippen LogP contribution in [0.15, 0.2) is 23.1 Å². The lowest BCUT2D eigenvalue weighted by atomic mass is 10.2. The first-order valence-corrected chi connectivity index (χ1v) is 7.51. The molecule has 0 unspecified atom stereocenters. The van der Waals surface area contributed by atoms with Crippen LogP contribution in [0.3, 0.4) is 0 Å². The number of sulfonamides is 1. The summed E-state index contributed by atoms with van der Waals surface area (Å²) in [5.41, 5.74) is 1.33. The van der Waals surface area contributed by atoms with E-state index in [1.165, 1.54) is 17.0 Å². The minimum Gasteiger partial charge on any atom is -0.395 e. The van der Waals surface area contributed by atoms with Crippen LogP contribution in [0.5, 0.6) is 0 Å². The predicted molar refractivity (Wildman–Crippen MR) is 71.8 cm³/mol. The van der Waals surface area contributed by atoms with Gasteiger partial charge in [0, 0.05) is 12.7 Å². The van der Waals surface area contributed by atoms with Gasteiger partial charge in [-0.15, -0.1) is 0 Å². The summed E-state index contributed by atoms with van der Waals surface area (Å²) in [4.78, 5) is 13.0. The third kappa shape index (κ3) is 2.68. The van der Waals surface area contributed by atoms with Crippen LogP contribution < -0.4 is 9.62 Å². The monoisotopic (exact) mass is 300 g/mol. The van der Waals surface area contributed by atoms with Gasteiger partial charge >= 0.3 is 0 Å². The highest BCUT2D eigenvalue weighted by Crippen LogP contribution is 2.29. The Labute approximate surface area is 116 Å². The van der Waals surface area contributed by atoms with Gasteiger partial charge in [-0.1, -0.05) is 0 Å². The number of carbonyl (C=O) groups excluding carboxylic acids is 1. The Kier molecular flexibility index (Phi) is 4.09. The molecule has 0 fully saturated rings. The lowest BCUT2D eigenvalue weighted by Gasteiger charge is -2.15. The van der Waals surface area contributed by atoms with Gasteiger partial charge in [-0.25, -0.2) is 13.1 Å². The average molecular weight is 300 g/mol. The van der Waals surface area contributed by atoms with Crippen molar-refractivity contribution in [2.24, 2.45) is 0 Å². The Morgan fingerprint density at radius 1 is 1.35 bits per heavy atom. The molecule has 0 spiro atoms. The van der Waals surface area contributed by atoms with Crippen LogP contribution in [0.2, 0.25) is 0 Å². The fraction of sp³-hybridized carbons (Fsp3) is 0.417. The number of fused-ring (bicyclic) bond motifs is 1. The van der Waals surface area contributed by atoms with Crippen molar-refractivity contribution < 1.29 is 23.4 Å². The minimum atomic E-state index is -3.84. The van der Waals surface area contributed by atoms with Crippen LogP contribution in [0.25, 0.3) is 0 Å². The molecule has 1 heterocycles. The summed E-state index contributed by atoms with van der Waals surface area (Å²) in [6, 6.07) is 3.45. The zero-order chi connectivity index (χ0) is 14.9. The number of anilines is 1. The molecule has 0 atom stereocenters. The molecular weight excluding hydrogens is 284 g/mol. The number of nitrogens with zero attached hydrogens (tertiary/aromatic N) is 1. The summed E-state index contributed by atoms with van der Waals surface area (Å²) < 4.78 is 26.4. The Balaban J connectivity index is 2.31. The van der Waals surface area contributed by atoms with E-state index in [2.05, 4.69) is 4.72 Å². The Hall–Kier alpha value is -1.48. The van der Waals surface area contributed by atoms with Gasteiger partial charge in [-0.3, -0.25) is 4.79 Å². The number of aliphatic hydroxyl groups is 2. The number of rotatable bonds is 5. The molecule has 110 valence electrons. The summed E-state index contributed by atoms with van der Waals surface area (Å²) in [5.74, 6) is -0.0916. The van der Waals surface area contributed by atoms with E-state index in [1.807, 2.05) is 0 Å². The second-order valence-electron chi connectivity index (χ2n) is 4.60. The second-order valence-corrected chi connectivity index (χ2v) is 6.32. The molecular formula is C12H16N2O5S. The number of amides is 1. The molecule has 8 heteroatoms. The third-order valence-electron chi connectivity index (χ3n) is 3.20. The standard InChI is InChI=1S/C12H16N2O5S/c1-14-11-3-2-10(4-8(11)5-12(14)17)20(18,19)13-9(6-15)7-16/h2-4,9,13,15-16H,5-7H2,1H3. The predicted octanol–water partition coefficient (Wildman–Crippen LogP) is -1.16. The van der Waals surface area contributed by atoms with Gasteiger partial charge in [-0.05, 0) is 23.8 Å². The maximum Gasteiger partial charge on any atom is 0.240 e. The van der Waals surface area contributed by atoms with Crippen molar-refractivity contribution in [3.05, 3.63) is 23.8 Å². The highest BCUT2D eigenvalue weighted by atomic mass is 32.2. The van der Waals surface area contributed by atoms with Gasteiger partial charge in [0.15, 0.2) is 0 Å². The van der Waals surface area contributed by atoms with Crippen LogP contribution >= 0.6 is 0 Å². The first kappa shape index (κ1) is 14.9. The average Bonchev–Trinajstić information content (AvgIpc) is 2.71. The lowest BCUT2D eigenvalue weighted by Crippen LogP contribution is -2.40. The van der Waals surface area contributed by atoms with E-state index in [0.29, 0.717) is 11.3 Å². The van der Waals surface area contributed by atoms with E-state index >= 15 is 0 Å². The highest BCUT2D eigenvalue weighted by molar-refractivity contribution is 7.89. The molecule has 2 rings (SSSR count). The number of aliphatic hydroxyl groups excluding tert-OH is 2. The van der Waals surface area contributed by atoms with Crippen LogP contribution in [0.1, 0.15) is 5.56 Å². The smallest absolute Gasteiger partial charge is 0.240 e. The molecule has 0 saturated carbocycles. The van der Waals surface area contributed by atoms with Crippen molar-refractivity contribution in [1.82, 2.24) is 4.72 Å². The van der Waals surface area contributed by atoms with Crippen molar-refractivity contribution in [3.63, 3.8) is 0 Å². The lowest BCUT2D eigenvalue weighted by molar-refractivity contribution is -0.117. The first-order chi connectivity index (χ1) is 9.39. The molecule has 0 aromatic heterocycles. The third-order valence-corrected chi connectivity index (χ3v) is 4.72. The van der Waals surface area contributed by atoms with Crippen molar-refractivity contribution in [2.75, 3.05) is 25.2 Å². The number of likely N-dealkylation sites (N-methyl/N-ethyl adjacent to an activating group) is 1. The normalized spacial score (nSPS) is 15.0. The molecule has 0 saturated heterocycles. The van der Waals surface area contributed by atoms with E-state index in [4.69, 9.17) is 10.2 Å². The van der Waals surface area contributed by atoms with Crippen molar-refractivity contribution >= 4 is 21.6 Å². The van der Waals surface area contributed by atoms with E-state index < -0.39 is 29.3 Å². The molecule has 7 nitrogen and oxygen atoms in total. The van der Waals surface area contributed by atoms with Crippen molar-refractivity contribution in [1.29, 1.82) is 0 Å². The SMILES string of the molecule is CN1C(=O)Cc2cc(S(=O)(=O)NC(CO)CO)ccc21. The largest absolute Gasteiger partial charge is 0.395 e. The van der Waals surface area contributed by atoms with E-state index in [9.17, 15) is 13.2 Å². The molecule has 1 aliphatic heterocycles. The first-order valence-electron chi connectivity index (χ1n) is 6.02. The number of nitrogens with one attached hydrogen (secondary N) is 1. The molecule has 0 bridgehead atoms. The van der Waals surface area contributed by atoms with E-state index in [0.717, 1.165) is 0 Å². The second kappa shape index (κ2) is 5.49. The number of hydrogen-bond donors (Lipinski definition) is 3. The van der Waals surface area contributed by atoms with Crippen molar-refractivity contribution in [3.8, 4) is 0 Å². The van der Waals surface area contributed by atoms with Gasteiger partial charge in [0.2, 0.25) is 15.9 Å². The fourth-order valence-corrected chi connectivity index (χ4v) is 3.30. The zero-order valence-electron chi connectivity index (χ0n) is 10.9. The van der Waals surface area contributed by atoms with Crippen LogP contribution in [0, 0.1) is 0 Å². The number of carbonyl (C=O) groups is 1. The van der Waals surface area contributed by atoms with Gasteiger partial charge in [-0.2, -0.15) is 0 Å². The molecule has 0 radical (unpaired) electrons. The summed E-state index contributed by atoms with van der Waals surface area (Å²) >= 11 is 0. The minimum absolute atomic E-state index is 0.00579. The number of benzene rings is 1. The summed E-state index contributed by atoms with van der Waals surface area (Å²) in [5, 5.41) is 17.8.